The molecule has 2 rings (SSSR count). The maximum atomic E-state index is 5.14. The number of rotatable bonds is 2. The fourth-order valence-corrected chi connectivity index (χ4v) is 2.12. The lowest BCUT2D eigenvalue weighted by atomic mass is 9.88. The van der Waals surface area contributed by atoms with Crippen LogP contribution in [0.15, 0.2) is 15.2 Å². The molecule has 0 saturated heterocycles. The SMILES string of the molecule is Cc1cc(C(C)C)c(C(C)C)c2ooc12. The zero-order chi connectivity index (χ0) is 11.2. The first-order chi connectivity index (χ1) is 7.02. The van der Waals surface area contributed by atoms with Gasteiger partial charge in [-0.15, -0.1) is 0 Å². The smallest absolute Gasteiger partial charge is 0.229 e. The van der Waals surface area contributed by atoms with Crippen molar-refractivity contribution < 1.29 is 9.15 Å². The lowest BCUT2D eigenvalue weighted by molar-refractivity contribution is 0.0571. The maximum Gasteiger partial charge on any atom is 0.229 e. The van der Waals surface area contributed by atoms with Crippen molar-refractivity contribution in [3.63, 3.8) is 0 Å². The van der Waals surface area contributed by atoms with Gasteiger partial charge in [-0.2, -0.15) is 0 Å². The molecule has 0 unspecified atom stereocenters. The van der Waals surface area contributed by atoms with E-state index in [9.17, 15) is 0 Å². The van der Waals surface area contributed by atoms with E-state index in [4.69, 9.17) is 9.15 Å². The van der Waals surface area contributed by atoms with E-state index < -0.39 is 0 Å². The van der Waals surface area contributed by atoms with E-state index in [-0.39, 0.29) is 0 Å². The first-order valence-corrected chi connectivity index (χ1v) is 5.54. The number of benzene rings is 1. The third-order valence-corrected chi connectivity index (χ3v) is 2.90. The number of hydrogen-bond donors (Lipinski definition) is 0. The fourth-order valence-electron chi connectivity index (χ4n) is 2.12. The van der Waals surface area contributed by atoms with Crippen molar-refractivity contribution in [1.29, 1.82) is 0 Å². The summed E-state index contributed by atoms with van der Waals surface area (Å²) in [4.78, 5) is 0. The van der Waals surface area contributed by atoms with Crippen molar-refractivity contribution >= 4 is 11.2 Å². The van der Waals surface area contributed by atoms with Crippen LogP contribution in [0.3, 0.4) is 0 Å². The van der Waals surface area contributed by atoms with Crippen molar-refractivity contribution in [2.24, 2.45) is 0 Å². The summed E-state index contributed by atoms with van der Waals surface area (Å²) in [7, 11) is 0. The van der Waals surface area contributed by atoms with Crippen LogP contribution in [0, 0.1) is 6.92 Å². The van der Waals surface area contributed by atoms with Gasteiger partial charge in [0.1, 0.15) is 0 Å². The number of hydrogen-bond acceptors (Lipinski definition) is 2. The van der Waals surface area contributed by atoms with Crippen molar-refractivity contribution in [1.82, 2.24) is 0 Å². The van der Waals surface area contributed by atoms with Gasteiger partial charge in [-0.1, -0.05) is 33.8 Å². The van der Waals surface area contributed by atoms with Gasteiger partial charge in [0.2, 0.25) is 11.2 Å². The lowest BCUT2D eigenvalue weighted by Gasteiger charge is -2.18. The Balaban J connectivity index is 2.72. The van der Waals surface area contributed by atoms with E-state index in [2.05, 4.69) is 40.7 Å². The van der Waals surface area contributed by atoms with Gasteiger partial charge in [0, 0.05) is 11.1 Å². The van der Waals surface area contributed by atoms with E-state index in [1.54, 1.807) is 0 Å². The summed E-state index contributed by atoms with van der Waals surface area (Å²) in [5, 5.41) is 0. The zero-order valence-electron chi connectivity index (χ0n) is 10.0. The predicted molar refractivity (Wildman–Crippen MR) is 61.4 cm³/mol. The van der Waals surface area contributed by atoms with Crippen LogP contribution in [0.1, 0.15) is 56.2 Å². The minimum atomic E-state index is 0.473. The second-order valence-corrected chi connectivity index (χ2v) is 4.83. The molecule has 0 aliphatic heterocycles. The average molecular weight is 206 g/mol. The van der Waals surface area contributed by atoms with Crippen molar-refractivity contribution in [2.75, 3.05) is 0 Å². The van der Waals surface area contributed by atoms with Crippen LogP contribution in [-0.2, 0) is 0 Å². The zero-order valence-corrected chi connectivity index (χ0v) is 10.0. The molecule has 2 nitrogen and oxygen atoms in total. The molecule has 0 amide bonds. The molecule has 0 aliphatic carbocycles. The molecule has 1 heterocycles. The Hall–Kier alpha value is -1.18. The Morgan fingerprint density at radius 3 is 1.93 bits per heavy atom. The Kier molecular flexibility index (Phi) is 2.37. The molecule has 0 bridgehead atoms. The highest BCUT2D eigenvalue weighted by molar-refractivity contribution is 5.80. The molecule has 0 aliphatic rings. The van der Waals surface area contributed by atoms with Gasteiger partial charge in [0.15, 0.2) is 0 Å². The molecule has 15 heavy (non-hydrogen) atoms. The van der Waals surface area contributed by atoms with Crippen LogP contribution < -0.4 is 0 Å². The van der Waals surface area contributed by atoms with Crippen molar-refractivity contribution in [2.45, 2.75) is 46.5 Å². The normalized spacial score (nSPS) is 12.2. The van der Waals surface area contributed by atoms with Crippen molar-refractivity contribution in [3.05, 3.63) is 22.8 Å². The topological polar surface area (TPSA) is 26.3 Å². The van der Waals surface area contributed by atoms with E-state index in [1.807, 2.05) is 0 Å². The Morgan fingerprint density at radius 1 is 0.933 bits per heavy atom. The molecule has 0 radical (unpaired) electrons. The molecule has 1 aromatic heterocycles. The quantitative estimate of drug-likeness (QED) is 0.672. The Bertz CT molecular complexity index is 472. The Labute approximate surface area is 90.2 Å². The molecular formula is C13H18O2. The minimum Gasteiger partial charge on any atom is -0.285 e. The summed E-state index contributed by atoms with van der Waals surface area (Å²) in [5.41, 5.74) is 5.72. The van der Waals surface area contributed by atoms with Gasteiger partial charge < -0.3 is 0 Å². The molecule has 0 spiro atoms. The van der Waals surface area contributed by atoms with E-state index >= 15 is 0 Å². The van der Waals surface area contributed by atoms with Gasteiger partial charge in [-0.25, -0.2) is 0 Å². The molecule has 0 saturated carbocycles. The third-order valence-electron chi connectivity index (χ3n) is 2.90. The van der Waals surface area contributed by atoms with Crippen LogP contribution in [0.2, 0.25) is 0 Å². The highest BCUT2D eigenvalue weighted by atomic mass is 17.0. The highest BCUT2D eigenvalue weighted by Gasteiger charge is 2.21. The summed E-state index contributed by atoms with van der Waals surface area (Å²) >= 11 is 0. The van der Waals surface area contributed by atoms with E-state index in [0.717, 1.165) is 11.2 Å². The van der Waals surface area contributed by atoms with Crippen LogP contribution >= 0.6 is 0 Å². The molecule has 1 aromatic carbocycles. The van der Waals surface area contributed by atoms with Gasteiger partial charge in [-0.3, -0.25) is 9.15 Å². The lowest BCUT2D eigenvalue weighted by Crippen LogP contribution is -2.02. The predicted octanol–water partition coefficient (Wildman–Crippen LogP) is 4.58. The van der Waals surface area contributed by atoms with Crippen LogP contribution in [-0.4, -0.2) is 0 Å². The van der Waals surface area contributed by atoms with Gasteiger partial charge in [0.05, 0.1) is 0 Å². The van der Waals surface area contributed by atoms with E-state index in [0.29, 0.717) is 11.8 Å². The molecule has 0 atom stereocenters. The standard InChI is InChI=1S/C13H18O2/c1-7(2)10-6-9(5)12-13(15-14-12)11(10)8(3)4/h6-8H,1-5H3. The molecular weight excluding hydrogens is 188 g/mol. The van der Waals surface area contributed by atoms with Crippen LogP contribution in [0.5, 0.6) is 0 Å². The second-order valence-electron chi connectivity index (χ2n) is 4.83. The second kappa shape index (κ2) is 3.44. The summed E-state index contributed by atoms with van der Waals surface area (Å²) < 4.78 is 10.2. The monoisotopic (exact) mass is 206 g/mol. The van der Waals surface area contributed by atoms with Crippen LogP contribution in [0.25, 0.3) is 11.2 Å². The molecule has 0 N–H and O–H groups in total. The summed E-state index contributed by atoms with van der Waals surface area (Å²) in [6.07, 6.45) is 0. The summed E-state index contributed by atoms with van der Waals surface area (Å²) in [5.74, 6) is 0.997. The first kappa shape index (κ1) is 10.3. The first-order valence-electron chi connectivity index (χ1n) is 5.54. The number of aryl methyl sites for hydroxylation is 1. The molecule has 0 fully saturated rings. The fraction of sp³-hybridized carbons (Fsp3) is 0.538. The Morgan fingerprint density at radius 2 is 1.53 bits per heavy atom. The van der Waals surface area contributed by atoms with Gasteiger partial charge in [-0.05, 0) is 24.3 Å². The van der Waals surface area contributed by atoms with E-state index in [1.165, 1.54) is 16.7 Å². The van der Waals surface area contributed by atoms with Gasteiger partial charge >= 0.3 is 0 Å². The molecule has 82 valence electrons. The minimum absolute atomic E-state index is 0.473. The number of fused-ring (bicyclic) bond motifs is 1. The maximum absolute atomic E-state index is 5.14. The van der Waals surface area contributed by atoms with Gasteiger partial charge in [0.25, 0.3) is 0 Å². The largest absolute Gasteiger partial charge is 0.285 e. The third kappa shape index (κ3) is 1.48. The molecule has 2 aromatic rings. The summed E-state index contributed by atoms with van der Waals surface area (Å²) in [6.45, 7) is 10.9. The van der Waals surface area contributed by atoms with Crippen molar-refractivity contribution in [3.8, 4) is 0 Å². The van der Waals surface area contributed by atoms with Crippen LogP contribution in [0.4, 0.5) is 0 Å². The average Bonchev–Trinajstić information content (AvgIpc) is 2.06. The molecule has 2 heteroatoms. The highest BCUT2D eigenvalue weighted by Crippen LogP contribution is 2.36. The summed E-state index contributed by atoms with van der Waals surface area (Å²) in [6, 6.07) is 2.22.